The Bertz CT molecular complexity index is 152. The summed E-state index contributed by atoms with van der Waals surface area (Å²) < 4.78 is 30.2. The van der Waals surface area contributed by atoms with Gasteiger partial charge in [0.25, 0.3) is 0 Å². The topological polar surface area (TPSA) is 89.5 Å². The monoisotopic (exact) mass is 163 g/mol. The molecule has 0 aliphatic carbocycles. The van der Waals surface area contributed by atoms with E-state index in [1.54, 1.807) is 0 Å². The first-order valence-electron chi connectivity index (χ1n) is 1.83. The van der Waals surface area contributed by atoms with Gasteiger partial charge in [0.1, 0.15) is 6.23 Å². The van der Waals surface area contributed by atoms with Crippen molar-refractivity contribution in [1.29, 1.82) is 0 Å². The molecule has 1 atom stereocenters. The first kappa shape index (κ1) is 12.5. The Balaban J connectivity index is 0. The minimum absolute atomic E-state index is 0. The summed E-state index contributed by atoms with van der Waals surface area (Å²) in [5, 5.41) is 8.20. The van der Waals surface area contributed by atoms with Gasteiger partial charge in [0.05, 0.1) is 0 Å². The first-order chi connectivity index (χ1) is 3.42. The maximum absolute atomic E-state index is 9.62. The van der Waals surface area contributed by atoms with Crippen LogP contribution in [0.3, 0.4) is 0 Å². The van der Waals surface area contributed by atoms with Crippen molar-refractivity contribution >= 4 is 10.3 Å². The van der Waals surface area contributed by atoms with Gasteiger partial charge in [-0.3, -0.25) is 0 Å². The molecule has 9 heavy (non-hydrogen) atoms. The maximum atomic E-state index is 9.62. The van der Waals surface area contributed by atoms with Crippen molar-refractivity contribution in [1.82, 2.24) is 4.72 Å². The zero-order valence-electron chi connectivity index (χ0n) is 5.16. The number of aliphatic hydroxyl groups excluding tert-OH is 1. The van der Waals surface area contributed by atoms with Crippen LogP contribution in [0.2, 0.25) is 0 Å². The third-order valence-corrected chi connectivity index (χ3v) is 0.945. The van der Waals surface area contributed by atoms with E-state index in [-0.39, 0.29) is 29.6 Å². The molecule has 7 heteroatoms. The van der Waals surface area contributed by atoms with Gasteiger partial charge in [-0.25, -0.2) is 8.42 Å². The van der Waals surface area contributed by atoms with Crippen molar-refractivity contribution in [2.24, 2.45) is 0 Å². The summed E-state index contributed by atoms with van der Waals surface area (Å²) >= 11 is 0. The van der Waals surface area contributed by atoms with Gasteiger partial charge < -0.3 is 9.66 Å². The van der Waals surface area contributed by atoms with Crippen LogP contribution in [-0.2, 0) is 10.3 Å². The van der Waals surface area contributed by atoms with E-state index in [9.17, 15) is 13.0 Å². The molecule has 0 bridgehead atoms. The molecule has 0 saturated carbocycles. The van der Waals surface area contributed by atoms with E-state index in [1.807, 2.05) is 0 Å². The van der Waals surface area contributed by atoms with Crippen LogP contribution >= 0.6 is 0 Å². The molecule has 0 rings (SSSR count). The van der Waals surface area contributed by atoms with E-state index in [2.05, 4.69) is 0 Å². The number of rotatable bonds is 2. The summed E-state index contributed by atoms with van der Waals surface area (Å²) in [4.78, 5) is 0. The van der Waals surface area contributed by atoms with Crippen molar-refractivity contribution in [3.63, 3.8) is 0 Å². The molecular weight excluding hydrogens is 157 g/mol. The van der Waals surface area contributed by atoms with Crippen LogP contribution < -0.4 is 34.3 Å². The van der Waals surface area contributed by atoms with Crippen LogP contribution in [0, 0.1) is 0 Å². The smallest absolute Gasteiger partial charge is 0.735 e. The summed E-state index contributed by atoms with van der Waals surface area (Å²) in [6, 6.07) is 0. The van der Waals surface area contributed by atoms with E-state index >= 15 is 0 Å². The number of aliphatic hydroxyl groups is 1. The molecule has 0 aromatic rings. The summed E-state index contributed by atoms with van der Waals surface area (Å²) in [5.41, 5.74) is 0. The summed E-state index contributed by atoms with van der Waals surface area (Å²) in [5.74, 6) is 0. The zero-order valence-corrected chi connectivity index (χ0v) is 7.97. The Kier molecular flexibility index (Phi) is 6.41. The molecule has 0 aliphatic heterocycles. The predicted molar refractivity (Wildman–Crippen MR) is 24.5 cm³/mol. The summed E-state index contributed by atoms with van der Waals surface area (Å²) in [6.07, 6.45) is -1.31. The fraction of sp³-hybridized carbons (Fsp3) is 1.00. The second kappa shape index (κ2) is 4.62. The Hall–Kier alpha value is 0.830. The van der Waals surface area contributed by atoms with Gasteiger partial charge in [0.2, 0.25) is 0 Å². The van der Waals surface area contributed by atoms with Crippen molar-refractivity contribution in [2.45, 2.75) is 13.2 Å². The van der Waals surface area contributed by atoms with E-state index in [1.165, 1.54) is 4.72 Å². The minimum atomic E-state index is -4.47. The SMILES string of the molecule is CC(O)NS(=O)(=O)[O-].[Na+]. The standard InChI is InChI=1S/C2H7NO4S.Na/c1-2(4)3-8(5,6)7;/h2-4H,1H3,(H,5,6,7);/q;+1/p-1. The molecule has 0 saturated heterocycles. The maximum Gasteiger partial charge on any atom is 1.00 e. The third kappa shape index (κ3) is 12.1. The van der Waals surface area contributed by atoms with E-state index in [0.717, 1.165) is 6.92 Å². The van der Waals surface area contributed by atoms with Gasteiger partial charge in [-0.05, 0) is 6.92 Å². The average molecular weight is 163 g/mol. The number of hydrogen-bond acceptors (Lipinski definition) is 4. The van der Waals surface area contributed by atoms with E-state index in [0.29, 0.717) is 0 Å². The summed E-state index contributed by atoms with van der Waals surface area (Å²) in [7, 11) is -4.47. The Morgan fingerprint density at radius 3 is 2.00 bits per heavy atom. The fourth-order valence-corrected chi connectivity index (χ4v) is 0.627. The third-order valence-electron chi connectivity index (χ3n) is 0.315. The van der Waals surface area contributed by atoms with Gasteiger partial charge in [0.15, 0.2) is 10.3 Å². The van der Waals surface area contributed by atoms with E-state index in [4.69, 9.17) is 5.11 Å². The Morgan fingerprint density at radius 1 is 1.67 bits per heavy atom. The largest absolute Gasteiger partial charge is 1.00 e. The van der Waals surface area contributed by atoms with Gasteiger partial charge in [-0.2, -0.15) is 4.72 Å². The molecule has 0 aromatic heterocycles. The van der Waals surface area contributed by atoms with E-state index < -0.39 is 16.5 Å². The number of nitrogens with one attached hydrogen (secondary N) is 1. The molecule has 2 N–H and O–H groups in total. The second-order valence-electron chi connectivity index (χ2n) is 1.25. The average Bonchev–Trinajstić information content (AvgIpc) is 1.21. The molecule has 0 heterocycles. The molecule has 0 radical (unpaired) electrons. The van der Waals surface area contributed by atoms with Crippen molar-refractivity contribution in [3.05, 3.63) is 0 Å². The van der Waals surface area contributed by atoms with Crippen LogP contribution in [0.25, 0.3) is 0 Å². The van der Waals surface area contributed by atoms with Crippen molar-refractivity contribution in [2.75, 3.05) is 0 Å². The molecule has 0 fully saturated rings. The molecule has 5 nitrogen and oxygen atoms in total. The van der Waals surface area contributed by atoms with Gasteiger partial charge in [0, 0.05) is 0 Å². The van der Waals surface area contributed by atoms with Crippen LogP contribution in [0.4, 0.5) is 0 Å². The molecule has 0 aromatic carbocycles. The van der Waals surface area contributed by atoms with Crippen molar-refractivity contribution < 1.29 is 47.6 Å². The predicted octanol–water partition coefficient (Wildman–Crippen LogP) is -4.62. The first-order valence-corrected chi connectivity index (χ1v) is 3.24. The quantitative estimate of drug-likeness (QED) is 0.243. The molecule has 50 valence electrons. The molecule has 0 spiro atoms. The minimum Gasteiger partial charge on any atom is -0.735 e. The Morgan fingerprint density at radius 2 is 2.00 bits per heavy atom. The van der Waals surface area contributed by atoms with Crippen LogP contribution in [0.1, 0.15) is 6.92 Å². The van der Waals surface area contributed by atoms with Crippen LogP contribution in [0.5, 0.6) is 0 Å². The second-order valence-corrected chi connectivity index (χ2v) is 2.39. The fourth-order valence-electron chi connectivity index (χ4n) is 0.209. The number of hydrogen-bond donors (Lipinski definition) is 2. The van der Waals surface area contributed by atoms with Gasteiger partial charge in [-0.15, -0.1) is 0 Å². The van der Waals surface area contributed by atoms with Crippen LogP contribution in [-0.4, -0.2) is 24.3 Å². The van der Waals surface area contributed by atoms with Gasteiger partial charge >= 0.3 is 29.6 Å². The van der Waals surface area contributed by atoms with Crippen molar-refractivity contribution in [3.8, 4) is 0 Å². The normalized spacial score (nSPS) is 14.1. The molecular formula is C2H6NNaO4S. The molecule has 1 unspecified atom stereocenters. The summed E-state index contributed by atoms with van der Waals surface area (Å²) in [6.45, 7) is 1.13. The Labute approximate surface area is 75.6 Å². The van der Waals surface area contributed by atoms with Gasteiger partial charge in [-0.1, -0.05) is 0 Å². The van der Waals surface area contributed by atoms with Crippen LogP contribution in [0.15, 0.2) is 0 Å². The molecule has 0 amide bonds. The molecule has 0 aliphatic rings. The zero-order chi connectivity index (χ0) is 6.78.